The molecule has 0 bridgehead atoms. The van der Waals surface area contributed by atoms with Gasteiger partial charge in [-0.1, -0.05) is 12.1 Å². The summed E-state index contributed by atoms with van der Waals surface area (Å²) >= 11 is 0. The van der Waals surface area contributed by atoms with E-state index in [4.69, 9.17) is 9.47 Å². The largest absolute Gasteiger partial charge is 0.497 e. The van der Waals surface area contributed by atoms with E-state index in [1.54, 1.807) is 49.6 Å². The molecule has 0 atom stereocenters. The molecule has 1 heterocycles. The number of sulfonamides is 1. The molecule has 0 saturated heterocycles. The van der Waals surface area contributed by atoms with E-state index in [9.17, 15) is 23.3 Å². The van der Waals surface area contributed by atoms with E-state index in [-0.39, 0.29) is 35.1 Å². The third-order valence-corrected chi connectivity index (χ3v) is 6.49. The highest BCUT2D eigenvalue weighted by Crippen LogP contribution is 2.27. The first kappa shape index (κ1) is 24.5. The lowest BCUT2D eigenvalue weighted by Crippen LogP contribution is -2.30. The van der Waals surface area contributed by atoms with Crippen LogP contribution in [0.25, 0.3) is 0 Å². The molecule has 4 rings (SSSR count). The summed E-state index contributed by atoms with van der Waals surface area (Å²) in [7, 11) is -2.34. The molecule has 12 heteroatoms. The Bertz CT molecular complexity index is 1450. The highest BCUT2D eigenvalue weighted by atomic mass is 32.2. The predicted molar refractivity (Wildman–Crippen MR) is 131 cm³/mol. The van der Waals surface area contributed by atoms with E-state index in [0.29, 0.717) is 11.3 Å². The zero-order chi connectivity index (χ0) is 25.7. The Labute approximate surface area is 206 Å². The SMILES string of the molecule is COc1ccc(/C=N\N(CCOC(=O)c2ccc([N+](=O)[O-])cc2)C2=NS(=O)(=O)c3ccccc32)cc1. The van der Waals surface area contributed by atoms with E-state index in [0.717, 1.165) is 5.56 Å². The maximum absolute atomic E-state index is 12.5. The summed E-state index contributed by atoms with van der Waals surface area (Å²) in [5, 5.41) is 16.5. The summed E-state index contributed by atoms with van der Waals surface area (Å²) in [4.78, 5) is 22.7. The van der Waals surface area contributed by atoms with Crippen molar-refractivity contribution in [3.63, 3.8) is 0 Å². The van der Waals surface area contributed by atoms with Crippen LogP contribution in [0.2, 0.25) is 0 Å². The van der Waals surface area contributed by atoms with Gasteiger partial charge in [0, 0.05) is 17.7 Å². The number of fused-ring (bicyclic) bond motifs is 1. The Morgan fingerprint density at radius 1 is 1.08 bits per heavy atom. The van der Waals surface area contributed by atoms with E-state index in [1.165, 1.54) is 41.6 Å². The van der Waals surface area contributed by atoms with Gasteiger partial charge in [-0.05, 0) is 54.1 Å². The standard InChI is InChI=1S/C24H20N4O7S/c1-34-20-12-6-17(7-13-20)16-25-27(23-21-4-2-3-5-22(21)36(32,33)26-23)14-15-35-24(29)18-8-10-19(11-9-18)28(30)31/h2-13,16H,14-15H2,1H3/b25-16-. The summed E-state index contributed by atoms with van der Waals surface area (Å²) < 4.78 is 39.4. The number of hydrazone groups is 1. The molecule has 0 fully saturated rings. The second-order valence-corrected chi connectivity index (χ2v) is 9.04. The molecule has 0 saturated carbocycles. The summed E-state index contributed by atoms with van der Waals surface area (Å²) in [5.74, 6) is 0.0782. The van der Waals surface area contributed by atoms with Crippen LogP contribution in [0.5, 0.6) is 5.75 Å². The molecule has 3 aromatic rings. The third-order valence-electron chi connectivity index (χ3n) is 5.17. The van der Waals surface area contributed by atoms with Crippen LogP contribution in [0.4, 0.5) is 5.69 Å². The van der Waals surface area contributed by atoms with Crippen molar-refractivity contribution in [2.75, 3.05) is 20.3 Å². The van der Waals surface area contributed by atoms with Gasteiger partial charge < -0.3 is 9.47 Å². The van der Waals surface area contributed by atoms with Crippen molar-refractivity contribution in [3.05, 3.63) is 99.6 Å². The van der Waals surface area contributed by atoms with Crippen molar-refractivity contribution >= 4 is 33.7 Å². The Balaban J connectivity index is 1.54. The fourth-order valence-electron chi connectivity index (χ4n) is 3.35. The van der Waals surface area contributed by atoms with Crippen LogP contribution in [-0.4, -0.2) is 56.6 Å². The van der Waals surface area contributed by atoms with Crippen LogP contribution in [0, 0.1) is 10.1 Å². The topological polar surface area (TPSA) is 141 Å². The molecule has 36 heavy (non-hydrogen) atoms. The van der Waals surface area contributed by atoms with Crippen molar-refractivity contribution < 1.29 is 27.6 Å². The minimum absolute atomic E-state index is 0.00589. The molecule has 184 valence electrons. The number of nitrogens with zero attached hydrogens (tertiary/aromatic N) is 4. The van der Waals surface area contributed by atoms with Gasteiger partial charge in [0.1, 0.15) is 17.3 Å². The van der Waals surface area contributed by atoms with E-state index >= 15 is 0 Å². The first-order valence-electron chi connectivity index (χ1n) is 10.6. The molecule has 0 amide bonds. The molecule has 0 N–H and O–H groups in total. The average Bonchev–Trinajstić information content (AvgIpc) is 3.17. The van der Waals surface area contributed by atoms with Gasteiger partial charge in [0.25, 0.3) is 15.7 Å². The van der Waals surface area contributed by atoms with Crippen molar-refractivity contribution in [2.45, 2.75) is 4.90 Å². The van der Waals surface area contributed by atoms with Crippen LogP contribution in [0.1, 0.15) is 21.5 Å². The van der Waals surface area contributed by atoms with Crippen molar-refractivity contribution in [1.82, 2.24) is 5.01 Å². The number of amidine groups is 1. The fourth-order valence-corrected chi connectivity index (χ4v) is 4.55. The number of non-ortho nitro benzene ring substituents is 1. The number of carbonyl (C=O) groups excluding carboxylic acids is 1. The van der Waals surface area contributed by atoms with E-state index < -0.39 is 20.9 Å². The number of methoxy groups -OCH3 is 1. The zero-order valence-corrected chi connectivity index (χ0v) is 19.8. The van der Waals surface area contributed by atoms with Crippen LogP contribution < -0.4 is 4.74 Å². The number of carbonyl (C=O) groups is 1. The quantitative estimate of drug-likeness (QED) is 0.195. The highest BCUT2D eigenvalue weighted by molar-refractivity contribution is 7.90. The Hall–Kier alpha value is -4.58. The number of nitro groups is 1. The Morgan fingerprint density at radius 2 is 1.78 bits per heavy atom. The lowest BCUT2D eigenvalue weighted by atomic mass is 10.2. The van der Waals surface area contributed by atoms with Gasteiger partial charge in [0.05, 0.1) is 30.4 Å². The zero-order valence-electron chi connectivity index (χ0n) is 19.0. The average molecular weight is 509 g/mol. The number of benzene rings is 3. The molecule has 1 aliphatic rings. The smallest absolute Gasteiger partial charge is 0.338 e. The first-order chi connectivity index (χ1) is 17.3. The third kappa shape index (κ3) is 5.39. The number of hydrogen-bond donors (Lipinski definition) is 0. The summed E-state index contributed by atoms with van der Waals surface area (Å²) in [6.07, 6.45) is 1.52. The molecule has 11 nitrogen and oxygen atoms in total. The van der Waals surface area contributed by atoms with Crippen LogP contribution in [0.3, 0.4) is 0 Å². The number of nitro benzene ring substituents is 1. The molecular formula is C24H20N4O7S. The summed E-state index contributed by atoms with van der Waals surface area (Å²) in [6.45, 7) is -0.162. The highest BCUT2D eigenvalue weighted by Gasteiger charge is 2.31. The molecule has 3 aromatic carbocycles. The summed E-state index contributed by atoms with van der Waals surface area (Å²) in [5.41, 5.74) is 1.09. The van der Waals surface area contributed by atoms with Crippen molar-refractivity contribution in [2.24, 2.45) is 9.50 Å². The van der Waals surface area contributed by atoms with Gasteiger partial charge in [-0.2, -0.15) is 13.5 Å². The number of hydrogen-bond acceptors (Lipinski definition) is 9. The molecule has 0 aromatic heterocycles. The van der Waals surface area contributed by atoms with Gasteiger partial charge in [-0.3, -0.25) is 10.1 Å². The molecular weight excluding hydrogens is 488 g/mol. The lowest BCUT2D eigenvalue weighted by molar-refractivity contribution is -0.384. The monoisotopic (exact) mass is 508 g/mol. The van der Waals surface area contributed by atoms with Gasteiger partial charge in [0.15, 0.2) is 5.84 Å². The van der Waals surface area contributed by atoms with Crippen molar-refractivity contribution in [1.29, 1.82) is 0 Å². The van der Waals surface area contributed by atoms with E-state index in [2.05, 4.69) is 9.50 Å². The Morgan fingerprint density at radius 3 is 2.44 bits per heavy atom. The molecule has 0 aliphatic carbocycles. The van der Waals surface area contributed by atoms with E-state index in [1.807, 2.05) is 0 Å². The Kier molecular flexibility index (Phi) is 7.06. The second-order valence-electron chi connectivity index (χ2n) is 7.47. The molecule has 0 unspecified atom stereocenters. The van der Waals surface area contributed by atoms with Crippen LogP contribution in [-0.2, 0) is 14.8 Å². The van der Waals surface area contributed by atoms with Gasteiger partial charge >= 0.3 is 5.97 Å². The van der Waals surface area contributed by atoms with Gasteiger partial charge in [0.2, 0.25) is 0 Å². The number of esters is 1. The second kappa shape index (κ2) is 10.4. The minimum Gasteiger partial charge on any atom is -0.497 e. The van der Waals surface area contributed by atoms with Crippen LogP contribution >= 0.6 is 0 Å². The number of rotatable bonds is 8. The maximum atomic E-state index is 12.5. The normalized spacial score (nSPS) is 13.6. The minimum atomic E-state index is -3.89. The fraction of sp³-hybridized carbons (Fsp3) is 0.125. The molecule has 0 radical (unpaired) electrons. The first-order valence-corrected chi connectivity index (χ1v) is 12.0. The van der Waals surface area contributed by atoms with Crippen LogP contribution in [0.15, 0.2) is 87.2 Å². The molecule has 0 spiro atoms. The number of ether oxygens (including phenoxy) is 2. The lowest BCUT2D eigenvalue weighted by Gasteiger charge is -2.19. The van der Waals surface area contributed by atoms with Gasteiger partial charge in [-0.15, -0.1) is 4.40 Å². The van der Waals surface area contributed by atoms with Gasteiger partial charge in [-0.25, -0.2) is 9.80 Å². The maximum Gasteiger partial charge on any atom is 0.338 e. The summed E-state index contributed by atoms with van der Waals surface area (Å²) in [6, 6.07) is 18.4. The predicted octanol–water partition coefficient (Wildman–Crippen LogP) is 3.25. The molecule has 1 aliphatic heterocycles. The van der Waals surface area contributed by atoms with Crippen molar-refractivity contribution in [3.8, 4) is 5.75 Å².